The predicted molar refractivity (Wildman–Crippen MR) is 85.4 cm³/mol. The van der Waals surface area contributed by atoms with Gasteiger partial charge in [-0.3, -0.25) is 0 Å². The van der Waals surface area contributed by atoms with Crippen molar-refractivity contribution < 1.29 is 28.5 Å². The summed E-state index contributed by atoms with van der Waals surface area (Å²) in [6, 6.07) is 8.86. The lowest BCUT2D eigenvalue weighted by Gasteiger charge is -2.28. The number of carbonyl (C=O) groups excluding carboxylic acids is 1. The van der Waals surface area contributed by atoms with Gasteiger partial charge in [0.25, 0.3) is 0 Å². The first-order valence-corrected chi connectivity index (χ1v) is 8.09. The Kier molecular flexibility index (Phi) is 4.42. The molecule has 0 N–H and O–H groups in total. The van der Waals surface area contributed by atoms with Crippen molar-refractivity contribution in [2.75, 3.05) is 7.11 Å². The molecule has 132 valence electrons. The molecule has 0 aromatic heterocycles. The minimum atomic E-state index is -0.754. The maximum Gasteiger partial charge on any atom is 0.338 e. The molecule has 2 saturated heterocycles. The zero-order chi connectivity index (χ0) is 17.5. The van der Waals surface area contributed by atoms with Gasteiger partial charge in [0.2, 0.25) is 0 Å². The van der Waals surface area contributed by atoms with Crippen LogP contribution in [0, 0.1) is 0 Å². The van der Waals surface area contributed by atoms with E-state index in [1.807, 2.05) is 26.8 Å². The van der Waals surface area contributed by atoms with E-state index < -0.39 is 42.0 Å². The lowest BCUT2D eigenvalue weighted by Crippen LogP contribution is -2.46. The number of methoxy groups -OCH3 is 1. The summed E-state index contributed by atoms with van der Waals surface area (Å²) in [4.78, 5) is 12.3. The van der Waals surface area contributed by atoms with E-state index in [-0.39, 0.29) is 0 Å². The topological polar surface area (TPSA) is 63.2 Å². The van der Waals surface area contributed by atoms with Crippen LogP contribution >= 0.6 is 0 Å². The van der Waals surface area contributed by atoms with Crippen molar-refractivity contribution in [3.8, 4) is 0 Å². The second kappa shape index (κ2) is 6.11. The third kappa shape index (κ3) is 2.95. The third-order valence-electron chi connectivity index (χ3n) is 4.47. The number of ether oxygens (including phenoxy) is 5. The maximum absolute atomic E-state index is 12.3. The fraction of sp³-hybridized carbons (Fsp3) is 0.611. The van der Waals surface area contributed by atoms with E-state index in [4.69, 9.17) is 23.7 Å². The van der Waals surface area contributed by atoms with Crippen LogP contribution in [-0.4, -0.2) is 49.1 Å². The Balaban J connectivity index is 1.75. The summed E-state index contributed by atoms with van der Waals surface area (Å²) < 4.78 is 29.0. The number of benzene rings is 1. The Hall–Kier alpha value is -1.47. The maximum atomic E-state index is 12.3. The average Bonchev–Trinajstić information content (AvgIpc) is 2.93. The van der Waals surface area contributed by atoms with Gasteiger partial charge in [0.1, 0.15) is 23.9 Å². The van der Waals surface area contributed by atoms with Crippen LogP contribution in [0.4, 0.5) is 0 Å². The summed E-state index contributed by atoms with van der Waals surface area (Å²) >= 11 is 0. The fourth-order valence-corrected chi connectivity index (χ4v) is 3.48. The quantitative estimate of drug-likeness (QED) is 0.787. The molecule has 3 rings (SSSR count). The number of carbonyl (C=O) groups is 1. The highest BCUT2D eigenvalue weighted by Gasteiger charge is 2.65. The summed E-state index contributed by atoms with van der Waals surface area (Å²) in [6.45, 7) is 7.38. The van der Waals surface area contributed by atoms with Crippen LogP contribution < -0.4 is 0 Å². The van der Waals surface area contributed by atoms with Crippen molar-refractivity contribution in [1.29, 1.82) is 0 Å². The molecule has 2 aliphatic heterocycles. The van der Waals surface area contributed by atoms with Gasteiger partial charge < -0.3 is 23.7 Å². The average molecular weight is 336 g/mol. The van der Waals surface area contributed by atoms with Crippen molar-refractivity contribution in [2.45, 2.75) is 63.7 Å². The predicted octanol–water partition coefficient (Wildman–Crippen LogP) is 2.51. The van der Waals surface area contributed by atoms with Gasteiger partial charge in [-0.25, -0.2) is 4.79 Å². The summed E-state index contributed by atoms with van der Waals surface area (Å²) in [5.74, 6) is -1.14. The van der Waals surface area contributed by atoms with Gasteiger partial charge in [-0.1, -0.05) is 18.2 Å². The van der Waals surface area contributed by atoms with Gasteiger partial charge >= 0.3 is 5.97 Å². The smallest absolute Gasteiger partial charge is 0.338 e. The largest absolute Gasteiger partial charge is 0.456 e. The number of hydrogen-bond donors (Lipinski definition) is 0. The van der Waals surface area contributed by atoms with E-state index in [2.05, 4.69) is 0 Å². The molecule has 0 bridgehead atoms. The van der Waals surface area contributed by atoms with E-state index in [0.29, 0.717) is 5.56 Å². The Morgan fingerprint density at radius 1 is 1.21 bits per heavy atom. The first kappa shape index (κ1) is 17.4. The van der Waals surface area contributed by atoms with Crippen LogP contribution in [0.5, 0.6) is 0 Å². The van der Waals surface area contributed by atoms with Crippen molar-refractivity contribution in [1.82, 2.24) is 0 Å². The van der Waals surface area contributed by atoms with E-state index in [1.165, 1.54) is 0 Å². The summed E-state index contributed by atoms with van der Waals surface area (Å²) in [6.07, 6.45) is -1.97. The first-order valence-electron chi connectivity index (χ1n) is 8.09. The van der Waals surface area contributed by atoms with Gasteiger partial charge in [-0.15, -0.1) is 0 Å². The Labute approximate surface area is 142 Å². The van der Waals surface area contributed by atoms with Crippen LogP contribution in [0.1, 0.15) is 38.1 Å². The van der Waals surface area contributed by atoms with E-state index >= 15 is 0 Å². The van der Waals surface area contributed by atoms with Gasteiger partial charge in [0.15, 0.2) is 12.1 Å². The molecule has 24 heavy (non-hydrogen) atoms. The normalized spacial score (nSPS) is 35.5. The molecule has 5 atom stereocenters. The van der Waals surface area contributed by atoms with Crippen molar-refractivity contribution in [3.05, 3.63) is 35.9 Å². The van der Waals surface area contributed by atoms with Crippen LogP contribution in [0.15, 0.2) is 30.3 Å². The summed E-state index contributed by atoms with van der Waals surface area (Å²) in [5.41, 5.74) is -0.256. The highest BCUT2D eigenvalue weighted by atomic mass is 16.8. The van der Waals surface area contributed by atoms with E-state index in [1.54, 1.807) is 38.3 Å². The Morgan fingerprint density at radius 2 is 1.88 bits per heavy atom. The molecule has 6 heteroatoms. The molecule has 2 aliphatic rings. The van der Waals surface area contributed by atoms with Crippen molar-refractivity contribution in [3.63, 3.8) is 0 Å². The van der Waals surface area contributed by atoms with Crippen LogP contribution in [0.25, 0.3) is 0 Å². The van der Waals surface area contributed by atoms with E-state index in [0.717, 1.165) is 0 Å². The summed E-state index contributed by atoms with van der Waals surface area (Å²) in [5, 5.41) is 0. The molecule has 1 aromatic carbocycles. The van der Waals surface area contributed by atoms with Crippen LogP contribution in [0.2, 0.25) is 0 Å². The minimum absolute atomic E-state index is 0.393. The molecule has 0 spiro atoms. The van der Waals surface area contributed by atoms with Gasteiger partial charge in [0.05, 0.1) is 5.56 Å². The molecule has 1 unspecified atom stereocenters. The molecule has 6 nitrogen and oxygen atoms in total. The monoisotopic (exact) mass is 336 g/mol. The van der Waals surface area contributed by atoms with Gasteiger partial charge in [0, 0.05) is 7.11 Å². The highest BCUT2D eigenvalue weighted by molar-refractivity contribution is 5.89. The molecule has 0 amide bonds. The lowest BCUT2D eigenvalue weighted by molar-refractivity contribution is -0.255. The molecular formula is C18H24O6. The molecule has 0 aliphatic carbocycles. The van der Waals surface area contributed by atoms with E-state index in [9.17, 15) is 4.79 Å². The van der Waals surface area contributed by atoms with Gasteiger partial charge in [-0.2, -0.15) is 0 Å². The summed E-state index contributed by atoms with van der Waals surface area (Å²) in [7, 11) is 1.56. The Morgan fingerprint density at radius 3 is 2.50 bits per heavy atom. The number of hydrogen-bond acceptors (Lipinski definition) is 6. The van der Waals surface area contributed by atoms with Crippen LogP contribution in [-0.2, 0) is 23.7 Å². The van der Waals surface area contributed by atoms with Crippen molar-refractivity contribution in [2.24, 2.45) is 0 Å². The second-order valence-corrected chi connectivity index (χ2v) is 6.87. The number of rotatable bonds is 4. The fourth-order valence-electron chi connectivity index (χ4n) is 3.48. The zero-order valence-corrected chi connectivity index (χ0v) is 14.6. The Bertz CT molecular complexity index is 601. The van der Waals surface area contributed by atoms with Crippen molar-refractivity contribution >= 4 is 5.97 Å². The molecular weight excluding hydrogens is 312 g/mol. The molecule has 2 fully saturated rings. The first-order chi connectivity index (χ1) is 11.3. The lowest BCUT2D eigenvalue weighted by atomic mass is 9.95. The third-order valence-corrected chi connectivity index (χ3v) is 4.47. The minimum Gasteiger partial charge on any atom is -0.456 e. The SMILES string of the molecule is COC1O[C@H]([C@H](C)OC(=O)c2ccccc2)[C@H]2OC(C)(C)O[C@@]12C. The molecule has 2 heterocycles. The zero-order valence-electron chi connectivity index (χ0n) is 14.6. The van der Waals surface area contributed by atoms with Gasteiger partial charge in [-0.05, 0) is 39.8 Å². The number of esters is 1. The standard InChI is InChI=1S/C18H24O6/c1-11(21-15(19)12-9-7-6-8-10-12)13-14-18(4,16(20-5)22-13)24-17(2,3)23-14/h6-11,13-14,16H,1-5H3/t11-,13+,14+,16?,18+/m0/s1. The molecule has 0 radical (unpaired) electrons. The van der Waals surface area contributed by atoms with Crippen LogP contribution in [0.3, 0.4) is 0 Å². The highest BCUT2D eigenvalue weighted by Crippen LogP contribution is 2.47. The second-order valence-electron chi connectivity index (χ2n) is 6.87. The number of fused-ring (bicyclic) bond motifs is 1. The molecule has 1 aromatic rings. The molecule has 0 saturated carbocycles.